The number of nitrogens with two attached hydrogens (primary N) is 1. The van der Waals surface area contributed by atoms with Gasteiger partial charge in [0.05, 0.1) is 44.7 Å². The number of hydrogen-bond donors (Lipinski definition) is 2. The van der Waals surface area contributed by atoms with Crippen molar-refractivity contribution in [2.75, 3.05) is 0 Å². The number of aromatic nitrogens is 4. The van der Waals surface area contributed by atoms with Crippen molar-refractivity contribution in [3.63, 3.8) is 0 Å². The van der Waals surface area contributed by atoms with Gasteiger partial charge in [0.1, 0.15) is 11.8 Å². The minimum Gasteiger partial charge on any atom is -0.387 e. The minimum absolute atomic E-state index is 0.163. The number of hydrogen-bond acceptors (Lipinski definition) is 5. The molecule has 0 saturated carbocycles. The molecule has 0 aliphatic carbocycles. The molecule has 3 rings (SSSR count). The fourth-order valence-corrected chi connectivity index (χ4v) is 2.70. The van der Waals surface area contributed by atoms with E-state index in [9.17, 15) is 9.90 Å². The van der Waals surface area contributed by atoms with E-state index in [1.165, 1.54) is 24.4 Å². The average Bonchev–Trinajstić information content (AvgIpc) is 3.34. The van der Waals surface area contributed by atoms with E-state index in [0.29, 0.717) is 10.2 Å². The summed E-state index contributed by atoms with van der Waals surface area (Å²) in [6, 6.07) is 6.65. The first kappa shape index (κ1) is 13.1. The molecule has 0 saturated heterocycles. The van der Waals surface area contributed by atoms with Crippen molar-refractivity contribution in [2.24, 2.45) is 5.73 Å². The van der Waals surface area contributed by atoms with Crippen LogP contribution in [0.1, 0.15) is 55.9 Å². The largest absolute Gasteiger partial charge is 0.387 e. The van der Waals surface area contributed by atoms with Gasteiger partial charge < -0.3 is 10.8 Å². The van der Waals surface area contributed by atoms with Gasteiger partial charge in [-0.25, -0.2) is 0 Å². The van der Waals surface area contributed by atoms with Crippen molar-refractivity contribution in [1.82, 2.24) is 19.6 Å². The summed E-state index contributed by atoms with van der Waals surface area (Å²) in [5, 5.41) is 27.4. The number of benzene rings is 1. The van der Waals surface area contributed by atoms with E-state index in [4.69, 9.17) is 30.8 Å². The summed E-state index contributed by atoms with van der Waals surface area (Å²) in [7, 11) is 0. The predicted molar refractivity (Wildman–Crippen MR) is 103 cm³/mol. The Balaban J connectivity index is 2.15. The van der Waals surface area contributed by atoms with Gasteiger partial charge in [-0.05, 0) is 38.0 Å². The molecule has 2 heterocycles. The Kier molecular flexibility index (Phi) is 3.67. The van der Waals surface area contributed by atoms with Crippen molar-refractivity contribution >= 4 is 17.5 Å². The van der Waals surface area contributed by atoms with Crippen molar-refractivity contribution in [2.45, 2.75) is 32.4 Å². The third-order valence-corrected chi connectivity index (χ3v) is 4.15. The molecule has 2 aromatic heterocycles. The van der Waals surface area contributed by atoms with Crippen molar-refractivity contribution < 1.29 is 18.1 Å². The number of rotatable bonds is 6. The van der Waals surface area contributed by atoms with Crippen LogP contribution in [-0.4, -0.2) is 30.6 Å². The van der Waals surface area contributed by atoms with Gasteiger partial charge in [-0.15, -0.1) is 0 Å². The molecule has 0 fully saturated rings. The van der Waals surface area contributed by atoms with E-state index in [-0.39, 0.29) is 16.3 Å². The van der Waals surface area contributed by atoms with Crippen LogP contribution in [0.2, 0.25) is 5.02 Å². The van der Waals surface area contributed by atoms with Crippen molar-refractivity contribution in [3.8, 4) is 17.3 Å². The highest BCUT2D eigenvalue weighted by molar-refractivity contribution is 6.32. The van der Waals surface area contributed by atoms with Gasteiger partial charge in [-0.1, -0.05) is 17.7 Å². The molecule has 0 radical (unpaired) electrons. The minimum atomic E-state index is -3.06. The molecule has 28 heavy (non-hydrogen) atoms. The third-order valence-electron chi connectivity index (χ3n) is 3.83. The summed E-state index contributed by atoms with van der Waals surface area (Å²) in [5.74, 6) is -1.05. The maximum Gasteiger partial charge on any atom is 0.269 e. The molecule has 0 aliphatic rings. The highest BCUT2D eigenvalue weighted by Gasteiger charge is 2.19. The Morgan fingerprint density at radius 2 is 2.29 bits per heavy atom. The first-order valence-corrected chi connectivity index (χ1v) is 8.33. The fraction of sp³-hybridized carbons (Fsp3) is 0.263. The second-order valence-corrected chi connectivity index (χ2v) is 6.20. The quantitative estimate of drug-likeness (QED) is 0.653. The number of aliphatic hydroxyl groups is 1. The number of nitrogens with zero attached hydrogens (tertiary/aromatic N) is 5. The Labute approximate surface area is 175 Å². The summed E-state index contributed by atoms with van der Waals surface area (Å²) in [6.07, 6.45) is -1.22. The van der Waals surface area contributed by atoms with Crippen LogP contribution < -0.4 is 5.73 Å². The van der Waals surface area contributed by atoms with Gasteiger partial charge in [0.15, 0.2) is 0 Å². The Hall–Kier alpha value is -3.15. The van der Waals surface area contributed by atoms with Crippen LogP contribution in [0.3, 0.4) is 0 Å². The first-order chi connectivity index (χ1) is 15.6. The molecule has 144 valence electrons. The molecule has 3 N–H and O–H groups in total. The number of carbonyl (C=O) groups is 1. The maximum absolute atomic E-state index is 11.6. The SMILES string of the molecule is [2H]C(C)(O)c1cc(C(N)=O)nn1[C@@H](C([2H])([2H])[2H])C([2H])([2H])n1ccc(-c2ccc(C#N)c(Cl)c2)n1. The lowest BCUT2D eigenvalue weighted by Crippen LogP contribution is -2.19. The summed E-state index contributed by atoms with van der Waals surface area (Å²) in [6.45, 7) is -4.84. The van der Waals surface area contributed by atoms with Crippen LogP contribution in [0.15, 0.2) is 36.5 Å². The molecule has 0 bridgehead atoms. The second kappa shape index (κ2) is 7.84. The van der Waals surface area contributed by atoms with Gasteiger partial charge in [0.2, 0.25) is 0 Å². The van der Waals surface area contributed by atoms with Crippen LogP contribution in [0.5, 0.6) is 0 Å². The van der Waals surface area contributed by atoms with E-state index >= 15 is 0 Å². The highest BCUT2D eigenvalue weighted by Crippen LogP contribution is 2.25. The van der Waals surface area contributed by atoms with E-state index in [1.54, 1.807) is 6.07 Å². The van der Waals surface area contributed by atoms with Gasteiger partial charge >= 0.3 is 0 Å². The monoisotopic (exact) mass is 404 g/mol. The van der Waals surface area contributed by atoms with Crippen molar-refractivity contribution in [3.05, 3.63) is 58.5 Å². The van der Waals surface area contributed by atoms with E-state index < -0.39 is 42.8 Å². The molecule has 0 aliphatic heterocycles. The normalized spacial score (nSPS) is 18.4. The highest BCUT2D eigenvalue weighted by atomic mass is 35.5. The van der Waals surface area contributed by atoms with Gasteiger partial charge in [-0.3, -0.25) is 14.2 Å². The maximum atomic E-state index is 11.6. The average molecular weight is 405 g/mol. The number of primary amides is 1. The van der Waals surface area contributed by atoms with Gasteiger partial charge in [0, 0.05) is 15.9 Å². The Bertz CT molecular complexity index is 1290. The van der Waals surface area contributed by atoms with E-state index in [1.807, 2.05) is 6.07 Å². The molecule has 3 aromatic rings. The Morgan fingerprint density at radius 3 is 2.89 bits per heavy atom. The topological polar surface area (TPSA) is 123 Å². The zero-order valence-corrected chi connectivity index (χ0v) is 15.3. The third kappa shape index (κ3) is 3.91. The number of carbonyl (C=O) groups excluding carboxylic acids is 1. The van der Waals surface area contributed by atoms with Gasteiger partial charge in [0.25, 0.3) is 5.91 Å². The molecule has 1 amide bonds. The summed E-state index contributed by atoms with van der Waals surface area (Å²) < 4.78 is 50.5. The summed E-state index contributed by atoms with van der Waals surface area (Å²) >= 11 is 6.06. The van der Waals surface area contributed by atoms with Crippen LogP contribution in [-0.2, 0) is 6.50 Å². The van der Waals surface area contributed by atoms with Crippen LogP contribution in [0.25, 0.3) is 11.3 Å². The molecule has 1 aromatic carbocycles. The Morgan fingerprint density at radius 1 is 1.50 bits per heavy atom. The van der Waals surface area contributed by atoms with Crippen LogP contribution in [0, 0.1) is 11.3 Å². The number of halogens is 1. The fourth-order valence-electron chi connectivity index (χ4n) is 2.48. The zero-order valence-electron chi connectivity index (χ0n) is 20.6. The number of amides is 1. The smallest absolute Gasteiger partial charge is 0.269 e. The summed E-state index contributed by atoms with van der Waals surface area (Å²) in [4.78, 5) is 11.6. The zero-order chi connectivity index (χ0) is 25.6. The lowest BCUT2D eigenvalue weighted by molar-refractivity contribution is 0.0994. The molecule has 9 heteroatoms. The molecule has 0 spiro atoms. The molecular weight excluding hydrogens is 380 g/mol. The lowest BCUT2D eigenvalue weighted by Gasteiger charge is -2.17. The molecular formula is C19H19ClN6O2. The predicted octanol–water partition coefficient (Wildman–Crippen LogP) is 2.69. The standard InChI is InChI=1S/C19H19ClN6O2/c1-11(26-18(12(2)27)8-17(24-26)19(22)28)10-25-6-5-16(23-25)13-3-4-14(9-21)15(20)7-13/h3-8,11-12,27H,10H2,1-2H3,(H2,22,28)/t11-,12?/m0/s1/i1D3,10D2,12D. The molecule has 8 nitrogen and oxygen atoms in total. The van der Waals surface area contributed by atoms with Crippen LogP contribution in [0.4, 0.5) is 0 Å². The van der Waals surface area contributed by atoms with E-state index in [2.05, 4.69) is 10.2 Å². The molecule has 1 unspecified atom stereocenters. The first-order valence-electron chi connectivity index (χ1n) is 11.0. The number of nitriles is 1. The van der Waals surface area contributed by atoms with Crippen molar-refractivity contribution in [1.29, 1.82) is 5.26 Å². The molecule has 2 atom stereocenters. The van der Waals surface area contributed by atoms with E-state index in [0.717, 1.165) is 17.7 Å². The summed E-state index contributed by atoms with van der Waals surface area (Å²) in [5.41, 5.74) is 5.27. The van der Waals surface area contributed by atoms with Gasteiger partial charge in [-0.2, -0.15) is 15.5 Å². The lowest BCUT2D eigenvalue weighted by atomic mass is 10.1. The van der Waals surface area contributed by atoms with Crippen LogP contribution >= 0.6 is 11.6 Å². The second-order valence-electron chi connectivity index (χ2n) is 5.79.